The Bertz CT molecular complexity index is 565. The molecule has 2 atom stereocenters. The van der Waals surface area contributed by atoms with Crippen LogP contribution >= 0.6 is 11.3 Å². The van der Waals surface area contributed by atoms with E-state index in [-0.39, 0.29) is 17.9 Å². The van der Waals surface area contributed by atoms with Crippen molar-refractivity contribution in [1.82, 2.24) is 10.3 Å². The molecule has 0 radical (unpaired) electrons. The van der Waals surface area contributed by atoms with Crippen LogP contribution in [0.25, 0.3) is 0 Å². The van der Waals surface area contributed by atoms with E-state index in [9.17, 15) is 4.79 Å². The first-order valence-electron chi connectivity index (χ1n) is 7.12. The summed E-state index contributed by atoms with van der Waals surface area (Å²) < 4.78 is 5.30. The molecule has 2 aromatic rings. The van der Waals surface area contributed by atoms with Crippen molar-refractivity contribution in [1.29, 1.82) is 0 Å². The van der Waals surface area contributed by atoms with Gasteiger partial charge in [0.2, 0.25) is 5.91 Å². The summed E-state index contributed by atoms with van der Waals surface area (Å²) in [6, 6.07) is 5.97. The first kappa shape index (κ1) is 14.2. The summed E-state index contributed by atoms with van der Waals surface area (Å²) in [5, 5.41) is 7.34. The molecule has 0 saturated carbocycles. The highest BCUT2D eigenvalue weighted by Gasteiger charge is 2.26. The average Bonchev–Trinajstić information content (AvgIpc) is 3.21. The number of nitrogens with one attached hydrogen (secondary N) is 1. The quantitative estimate of drug-likeness (QED) is 0.923. The number of thiophene rings is 1. The van der Waals surface area contributed by atoms with Crippen LogP contribution in [0.1, 0.15) is 23.6 Å². The Morgan fingerprint density at radius 2 is 2.48 bits per heavy atom. The molecule has 1 amide bonds. The van der Waals surface area contributed by atoms with Crippen molar-refractivity contribution in [3.63, 3.8) is 0 Å². The largest absolute Gasteiger partial charge is 0.381 e. The predicted octanol–water partition coefficient (Wildman–Crippen LogP) is 2.58. The van der Waals surface area contributed by atoms with Crippen LogP contribution in [0.5, 0.6) is 0 Å². The van der Waals surface area contributed by atoms with Gasteiger partial charge in [-0.25, -0.2) is 0 Å². The third-order valence-corrected chi connectivity index (χ3v) is 4.46. The number of aromatic nitrogens is 1. The first-order valence-corrected chi connectivity index (χ1v) is 8.06. The second-order valence-corrected chi connectivity index (χ2v) is 6.02. The summed E-state index contributed by atoms with van der Waals surface area (Å²) in [5.41, 5.74) is 2.27. The van der Waals surface area contributed by atoms with Crippen LogP contribution in [-0.4, -0.2) is 24.1 Å². The summed E-state index contributed by atoms with van der Waals surface area (Å²) in [4.78, 5) is 16.5. The molecule has 0 aromatic carbocycles. The fourth-order valence-corrected chi connectivity index (χ4v) is 3.19. The maximum atomic E-state index is 12.3. The van der Waals surface area contributed by atoms with Gasteiger partial charge in [-0.15, -0.1) is 0 Å². The van der Waals surface area contributed by atoms with Crippen LogP contribution in [0.15, 0.2) is 41.4 Å². The number of carbonyl (C=O) groups is 1. The van der Waals surface area contributed by atoms with Crippen molar-refractivity contribution in [3.05, 3.63) is 52.5 Å². The molecule has 5 heteroatoms. The molecule has 3 rings (SSSR count). The van der Waals surface area contributed by atoms with Gasteiger partial charge in [0.25, 0.3) is 0 Å². The summed E-state index contributed by atoms with van der Waals surface area (Å²) in [5.74, 6) is 0.0585. The van der Waals surface area contributed by atoms with E-state index in [0.29, 0.717) is 13.2 Å². The van der Waals surface area contributed by atoms with E-state index in [1.807, 2.05) is 18.3 Å². The van der Waals surface area contributed by atoms with Crippen LogP contribution in [0.3, 0.4) is 0 Å². The molecule has 0 spiro atoms. The lowest BCUT2D eigenvalue weighted by Gasteiger charge is -2.20. The number of hydrogen-bond donors (Lipinski definition) is 1. The van der Waals surface area contributed by atoms with Gasteiger partial charge in [0.1, 0.15) is 0 Å². The highest BCUT2D eigenvalue weighted by molar-refractivity contribution is 7.07. The van der Waals surface area contributed by atoms with Crippen molar-refractivity contribution in [2.24, 2.45) is 5.92 Å². The zero-order chi connectivity index (χ0) is 14.5. The molecule has 1 aliphatic heterocycles. The molecule has 0 unspecified atom stereocenters. The minimum Gasteiger partial charge on any atom is -0.381 e. The van der Waals surface area contributed by atoms with E-state index >= 15 is 0 Å². The van der Waals surface area contributed by atoms with Gasteiger partial charge < -0.3 is 10.1 Å². The Kier molecular flexibility index (Phi) is 4.62. The highest BCUT2D eigenvalue weighted by atomic mass is 32.1. The van der Waals surface area contributed by atoms with E-state index in [1.165, 1.54) is 5.56 Å². The van der Waals surface area contributed by atoms with Crippen LogP contribution in [0.2, 0.25) is 0 Å². The fraction of sp³-hybridized carbons (Fsp3) is 0.375. The van der Waals surface area contributed by atoms with Gasteiger partial charge in [-0.1, -0.05) is 6.07 Å². The third kappa shape index (κ3) is 3.68. The smallest absolute Gasteiger partial charge is 0.226 e. The van der Waals surface area contributed by atoms with Crippen molar-refractivity contribution in [2.75, 3.05) is 13.2 Å². The van der Waals surface area contributed by atoms with E-state index in [0.717, 1.165) is 18.4 Å². The Labute approximate surface area is 128 Å². The topological polar surface area (TPSA) is 51.2 Å². The first-order chi connectivity index (χ1) is 10.3. The number of ether oxygens (including phenoxy) is 1. The lowest BCUT2D eigenvalue weighted by Crippen LogP contribution is -2.35. The van der Waals surface area contributed by atoms with Crippen LogP contribution < -0.4 is 5.32 Å². The van der Waals surface area contributed by atoms with E-state index in [2.05, 4.69) is 27.1 Å². The van der Waals surface area contributed by atoms with Crippen molar-refractivity contribution >= 4 is 17.2 Å². The molecule has 3 heterocycles. The second-order valence-electron chi connectivity index (χ2n) is 5.24. The molecular formula is C16H18N2O2S. The Morgan fingerprint density at radius 1 is 1.52 bits per heavy atom. The van der Waals surface area contributed by atoms with Gasteiger partial charge in [0, 0.05) is 19.0 Å². The number of nitrogens with zero attached hydrogens (tertiary/aromatic N) is 1. The van der Waals surface area contributed by atoms with Gasteiger partial charge in [-0.3, -0.25) is 9.78 Å². The summed E-state index contributed by atoms with van der Waals surface area (Å²) in [6.07, 6.45) is 5.17. The fourth-order valence-electron chi connectivity index (χ4n) is 2.51. The molecule has 21 heavy (non-hydrogen) atoms. The maximum absolute atomic E-state index is 12.3. The molecule has 4 nitrogen and oxygen atoms in total. The SMILES string of the molecule is O=C(N[C@@H](Cc1ccsc1)c1cccnc1)[C@H]1CCOC1. The number of pyridine rings is 1. The lowest BCUT2D eigenvalue weighted by molar-refractivity contribution is -0.125. The molecule has 1 saturated heterocycles. The van der Waals surface area contributed by atoms with Crippen molar-refractivity contribution in [2.45, 2.75) is 18.9 Å². The zero-order valence-electron chi connectivity index (χ0n) is 11.7. The monoisotopic (exact) mass is 302 g/mol. The number of amides is 1. The van der Waals surface area contributed by atoms with Crippen molar-refractivity contribution < 1.29 is 9.53 Å². The van der Waals surface area contributed by atoms with Crippen molar-refractivity contribution in [3.8, 4) is 0 Å². The molecule has 1 fully saturated rings. The number of carbonyl (C=O) groups excluding carboxylic acids is 1. The molecule has 1 aliphatic rings. The predicted molar refractivity (Wildman–Crippen MR) is 82.1 cm³/mol. The van der Waals surface area contributed by atoms with E-state index in [4.69, 9.17) is 4.74 Å². The molecule has 1 N–H and O–H groups in total. The third-order valence-electron chi connectivity index (χ3n) is 3.72. The summed E-state index contributed by atoms with van der Waals surface area (Å²) in [7, 11) is 0. The normalized spacial score (nSPS) is 19.3. The highest BCUT2D eigenvalue weighted by Crippen LogP contribution is 2.21. The minimum absolute atomic E-state index is 0.0216. The standard InChI is InChI=1S/C16H18N2O2S/c19-16(14-3-6-20-10-14)18-15(8-12-4-7-21-11-12)13-2-1-5-17-9-13/h1-2,4-5,7,9,11,14-15H,3,6,8,10H2,(H,18,19)/t14-,15-/m0/s1. The lowest BCUT2D eigenvalue weighted by atomic mass is 10.0. The summed E-state index contributed by atoms with van der Waals surface area (Å²) >= 11 is 1.67. The second kappa shape index (κ2) is 6.83. The van der Waals surface area contributed by atoms with E-state index in [1.54, 1.807) is 17.5 Å². The Hall–Kier alpha value is -1.72. The van der Waals surface area contributed by atoms with Crippen LogP contribution in [0.4, 0.5) is 0 Å². The van der Waals surface area contributed by atoms with Gasteiger partial charge in [0.15, 0.2) is 0 Å². The molecular weight excluding hydrogens is 284 g/mol. The zero-order valence-corrected chi connectivity index (χ0v) is 12.5. The minimum atomic E-state index is -0.0404. The van der Waals surface area contributed by atoms with Gasteiger partial charge in [0.05, 0.1) is 18.6 Å². The maximum Gasteiger partial charge on any atom is 0.226 e. The van der Waals surface area contributed by atoms with Gasteiger partial charge in [-0.2, -0.15) is 11.3 Å². The molecule has 0 bridgehead atoms. The molecule has 110 valence electrons. The summed E-state index contributed by atoms with van der Waals surface area (Å²) in [6.45, 7) is 1.21. The average molecular weight is 302 g/mol. The van der Waals surface area contributed by atoms with Crippen LogP contribution in [-0.2, 0) is 16.0 Å². The number of hydrogen-bond acceptors (Lipinski definition) is 4. The van der Waals surface area contributed by atoms with Crippen LogP contribution in [0, 0.1) is 5.92 Å². The van der Waals surface area contributed by atoms with Gasteiger partial charge >= 0.3 is 0 Å². The van der Waals surface area contributed by atoms with E-state index < -0.39 is 0 Å². The Morgan fingerprint density at radius 3 is 3.14 bits per heavy atom. The molecule has 2 aromatic heterocycles. The van der Waals surface area contributed by atoms with Gasteiger partial charge in [-0.05, 0) is 46.9 Å². The molecule has 0 aliphatic carbocycles. The Balaban J connectivity index is 1.73. The number of rotatable bonds is 5.